The summed E-state index contributed by atoms with van der Waals surface area (Å²) >= 11 is -2.13. The van der Waals surface area contributed by atoms with Crippen LogP contribution in [0, 0.1) is 0 Å². The van der Waals surface area contributed by atoms with Crippen LogP contribution in [0.25, 0.3) is 0 Å². The topological polar surface area (TPSA) is 52.6 Å². The molecule has 0 aromatic heterocycles. The van der Waals surface area contributed by atoms with Crippen molar-refractivity contribution in [3.05, 3.63) is 60.7 Å². The molecule has 0 fully saturated rings. The standard InChI is InChI=1S/C12H12N2O2S/c15-17(16)14(12-9-5-2-6-10-12)13-11-7-3-1-4-8-11/h1-10,13H,(H,15,16). The van der Waals surface area contributed by atoms with Crippen LogP contribution in [0.15, 0.2) is 60.7 Å². The number of hydrogen-bond donors (Lipinski definition) is 2. The molecule has 0 aliphatic heterocycles. The highest BCUT2D eigenvalue weighted by atomic mass is 32.2. The average Bonchev–Trinajstić information content (AvgIpc) is 2.38. The van der Waals surface area contributed by atoms with Crippen molar-refractivity contribution in [3.8, 4) is 0 Å². The highest BCUT2D eigenvalue weighted by Crippen LogP contribution is 2.16. The molecule has 0 amide bonds. The lowest BCUT2D eigenvalue weighted by Crippen LogP contribution is -2.31. The zero-order valence-corrected chi connectivity index (χ0v) is 9.80. The van der Waals surface area contributed by atoms with Crippen molar-refractivity contribution in [1.29, 1.82) is 0 Å². The summed E-state index contributed by atoms with van der Waals surface area (Å²) in [4.78, 5) is 0. The van der Waals surface area contributed by atoms with Gasteiger partial charge in [-0.1, -0.05) is 36.4 Å². The molecule has 1 atom stereocenters. The van der Waals surface area contributed by atoms with Gasteiger partial charge in [-0.25, -0.2) is 4.21 Å². The zero-order valence-electron chi connectivity index (χ0n) is 8.98. The molecular weight excluding hydrogens is 236 g/mol. The number of hydrazine groups is 1. The molecule has 2 aromatic rings. The molecule has 0 heterocycles. The Kier molecular flexibility index (Phi) is 3.74. The molecule has 0 radical (unpaired) electrons. The van der Waals surface area contributed by atoms with E-state index in [2.05, 4.69) is 5.43 Å². The largest absolute Gasteiger partial charge is 0.288 e. The maximum atomic E-state index is 11.3. The van der Waals surface area contributed by atoms with Gasteiger partial charge in [0.1, 0.15) is 0 Å². The van der Waals surface area contributed by atoms with Crippen molar-refractivity contribution in [2.24, 2.45) is 0 Å². The number of para-hydroxylation sites is 2. The molecule has 0 bridgehead atoms. The lowest BCUT2D eigenvalue weighted by Gasteiger charge is -2.21. The molecule has 17 heavy (non-hydrogen) atoms. The Hall–Kier alpha value is -1.85. The van der Waals surface area contributed by atoms with Crippen molar-refractivity contribution in [2.45, 2.75) is 0 Å². The summed E-state index contributed by atoms with van der Waals surface area (Å²) in [5.74, 6) is 0. The van der Waals surface area contributed by atoms with Crippen LogP contribution < -0.4 is 9.84 Å². The molecule has 0 saturated heterocycles. The number of rotatable bonds is 4. The molecule has 88 valence electrons. The van der Waals surface area contributed by atoms with Gasteiger partial charge < -0.3 is 0 Å². The predicted octanol–water partition coefficient (Wildman–Crippen LogP) is 2.66. The Labute approximate surface area is 102 Å². The van der Waals surface area contributed by atoms with E-state index < -0.39 is 11.3 Å². The van der Waals surface area contributed by atoms with Crippen molar-refractivity contribution < 1.29 is 8.76 Å². The van der Waals surface area contributed by atoms with Gasteiger partial charge in [0.15, 0.2) is 0 Å². The van der Waals surface area contributed by atoms with Crippen LogP contribution in [0.2, 0.25) is 0 Å². The second kappa shape index (κ2) is 5.47. The highest BCUT2D eigenvalue weighted by Gasteiger charge is 2.11. The van der Waals surface area contributed by atoms with Crippen molar-refractivity contribution in [3.63, 3.8) is 0 Å². The average molecular weight is 248 g/mol. The minimum atomic E-state index is -2.13. The van der Waals surface area contributed by atoms with E-state index in [0.29, 0.717) is 5.69 Å². The quantitative estimate of drug-likeness (QED) is 0.646. The van der Waals surface area contributed by atoms with Gasteiger partial charge in [-0.3, -0.25) is 9.98 Å². The fraction of sp³-hybridized carbons (Fsp3) is 0. The Balaban J connectivity index is 2.23. The molecule has 1 unspecified atom stereocenters. The Morgan fingerprint density at radius 2 is 1.47 bits per heavy atom. The monoisotopic (exact) mass is 248 g/mol. The normalized spacial score (nSPS) is 11.8. The van der Waals surface area contributed by atoms with Crippen LogP contribution in [0.1, 0.15) is 0 Å². The van der Waals surface area contributed by atoms with E-state index in [0.717, 1.165) is 5.69 Å². The molecule has 0 aliphatic carbocycles. The molecule has 4 nitrogen and oxygen atoms in total. The fourth-order valence-electron chi connectivity index (χ4n) is 1.39. The number of benzene rings is 2. The van der Waals surface area contributed by atoms with Gasteiger partial charge in [0, 0.05) is 0 Å². The summed E-state index contributed by atoms with van der Waals surface area (Å²) in [6.07, 6.45) is 0. The van der Waals surface area contributed by atoms with Gasteiger partial charge in [-0.15, -0.1) is 0 Å². The van der Waals surface area contributed by atoms with Crippen LogP contribution in [0.3, 0.4) is 0 Å². The van der Waals surface area contributed by atoms with Crippen molar-refractivity contribution in [1.82, 2.24) is 0 Å². The van der Waals surface area contributed by atoms with Crippen LogP contribution >= 0.6 is 0 Å². The summed E-state index contributed by atoms with van der Waals surface area (Å²) in [5.41, 5.74) is 4.25. The van der Waals surface area contributed by atoms with E-state index in [1.165, 1.54) is 4.41 Å². The molecule has 2 aromatic carbocycles. The van der Waals surface area contributed by atoms with Crippen LogP contribution in [-0.4, -0.2) is 8.76 Å². The number of anilines is 2. The van der Waals surface area contributed by atoms with E-state index in [4.69, 9.17) is 0 Å². The third kappa shape index (κ3) is 3.05. The number of nitrogens with one attached hydrogen (secondary N) is 1. The third-order valence-corrected chi connectivity index (χ3v) is 2.77. The lowest BCUT2D eigenvalue weighted by molar-refractivity contribution is 0.562. The first-order chi connectivity index (χ1) is 8.27. The fourth-order valence-corrected chi connectivity index (χ4v) is 1.87. The summed E-state index contributed by atoms with van der Waals surface area (Å²) in [7, 11) is 0. The number of nitrogens with zero attached hydrogens (tertiary/aromatic N) is 1. The minimum Gasteiger partial charge on any atom is -0.288 e. The SMILES string of the molecule is O=S(O)N(Nc1ccccc1)c1ccccc1. The van der Waals surface area contributed by atoms with Gasteiger partial charge in [0.2, 0.25) is 0 Å². The van der Waals surface area contributed by atoms with E-state index in [1.54, 1.807) is 12.1 Å². The van der Waals surface area contributed by atoms with Crippen LogP contribution in [0.4, 0.5) is 11.4 Å². The third-order valence-electron chi connectivity index (χ3n) is 2.15. The smallest absolute Gasteiger partial charge is 0.281 e. The first-order valence-corrected chi connectivity index (χ1v) is 6.11. The molecular formula is C12H12N2O2S. The van der Waals surface area contributed by atoms with Gasteiger partial charge >= 0.3 is 0 Å². The maximum absolute atomic E-state index is 11.3. The molecule has 2 N–H and O–H groups in total. The van der Waals surface area contributed by atoms with E-state index in [-0.39, 0.29) is 0 Å². The molecule has 5 heteroatoms. The van der Waals surface area contributed by atoms with Crippen molar-refractivity contribution in [2.75, 3.05) is 9.84 Å². The van der Waals surface area contributed by atoms with Gasteiger partial charge in [0.25, 0.3) is 11.3 Å². The second-order valence-electron chi connectivity index (χ2n) is 3.34. The second-order valence-corrected chi connectivity index (χ2v) is 4.17. The summed E-state index contributed by atoms with van der Waals surface area (Å²) in [5, 5.41) is 0. The Morgan fingerprint density at radius 3 is 2.00 bits per heavy atom. The maximum Gasteiger partial charge on any atom is 0.281 e. The Morgan fingerprint density at radius 1 is 0.941 bits per heavy atom. The first kappa shape index (κ1) is 11.6. The van der Waals surface area contributed by atoms with Crippen LogP contribution in [0.5, 0.6) is 0 Å². The summed E-state index contributed by atoms with van der Waals surface area (Å²) < 4.78 is 21.7. The molecule has 0 saturated carbocycles. The summed E-state index contributed by atoms with van der Waals surface area (Å²) in [6.45, 7) is 0. The Bertz CT molecular complexity index is 490. The first-order valence-electron chi connectivity index (χ1n) is 5.05. The van der Waals surface area contributed by atoms with E-state index in [9.17, 15) is 8.76 Å². The minimum absolute atomic E-state index is 0.622. The zero-order chi connectivity index (χ0) is 12.1. The van der Waals surface area contributed by atoms with Crippen molar-refractivity contribution >= 4 is 22.6 Å². The molecule has 0 spiro atoms. The van der Waals surface area contributed by atoms with Gasteiger partial charge in [-0.2, -0.15) is 4.41 Å². The predicted molar refractivity (Wildman–Crippen MR) is 69.8 cm³/mol. The molecule has 0 aliphatic rings. The van der Waals surface area contributed by atoms with Gasteiger partial charge in [0.05, 0.1) is 11.4 Å². The summed E-state index contributed by atoms with van der Waals surface area (Å²) in [6, 6.07) is 18.2. The molecule has 2 rings (SSSR count). The van der Waals surface area contributed by atoms with E-state index >= 15 is 0 Å². The van der Waals surface area contributed by atoms with E-state index in [1.807, 2.05) is 48.5 Å². The highest BCUT2D eigenvalue weighted by molar-refractivity contribution is 7.80. The van der Waals surface area contributed by atoms with Gasteiger partial charge in [-0.05, 0) is 24.3 Å². The number of hydrogen-bond acceptors (Lipinski definition) is 2. The lowest BCUT2D eigenvalue weighted by atomic mass is 10.3. The van der Waals surface area contributed by atoms with Crippen LogP contribution in [-0.2, 0) is 11.3 Å².